The fraction of sp³-hybridized carbons (Fsp3) is 0.353. The van der Waals surface area contributed by atoms with Crippen molar-refractivity contribution in [2.24, 2.45) is 5.41 Å². The molecule has 0 N–H and O–H groups in total. The van der Waals surface area contributed by atoms with Crippen molar-refractivity contribution in [3.8, 4) is 0 Å². The molecule has 0 aliphatic carbocycles. The van der Waals surface area contributed by atoms with Gasteiger partial charge in [0.05, 0.1) is 23.8 Å². The molecule has 2 heterocycles. The zero-order chi connectivity index (χ0) is 17.2. The lowest BCUT2D eigenvalue weighted by Gasteiger charge is -2.19. The quantitative estimate of drug-likeness (QED) is 0.740. The van der Waals surface area contributed by atoms with Crippen molar-refractivity contribution in [3.63, 3.8) is 0 Å². The van der Waals surface area contributed by atoms with Crippen LogP contribution in [0.2, 0.25) is 0 Å². The lowest BCUT2D eigenvalue weighted by Crippen LogP contribution is -2.25. The molecular formula is C17H20N6O. The predicted molar refractivity (Wildman–Crippen MR) is 88.6 cm³/mol. The molecule has 24 heavy (non-hydrogen) atoms. The Balaban J connectivity index is 1.98. The molecule has 0 atom stereocenters. The molecule has 3 rings (SSSR count). The summed E-state index contributed by atoms with van der Waals surface area (Å²) in [7, 11) is 0. The van der Waals surface area contributed by atoms with Gasteiger partial charge in [0.1, 0.15) is 0 Å². The lowest BCUT2D eigenvalue weighted by atomic mass is 9.89. The maximum atomic E-state index is 12.6. The van der Waals surface area contributed by atoms with Gasteiger partial charge in [-0.15, -0.1) is 10.2 Å². The topological polar surface area (TPSA) is 78.5 Å². The van der Waals surface area contributed by atoms with Crippen LogP contribution in [0.4, 0.5) is 4.79 Å². The largest absolute Gasteiger partial charge is 0.372 e. The summed E-state index contributed by atoms with van der Waals surface area (Å²) in [5.41, 5.74) is 2.75. The molecule has 0 saturated carbocycles. The van der Waals surface area contributed by atoms with E-state index in [-0.39, 0.29) is 11.4 Å². The number of hydrogen-bond acceptors (Lipinski definition) is 5. The van der Waals surface area contributed by atoms with Gasteiger partial charge in [0.2, 0.25) is 0 Å². The highest BCUT2D eigenvalue weighted by Gasteiger charge is 2.24. The smallest absolute Gasteiger partial charge is 0.243 e. The van der Waals surface area contributed by atoms with Gasteiger partial charge >= 0.3 is 6.03 Å². The van der Waals surface area contributed by atoms with E-state index in [1.807, 2.05) is 30.3 Å². The minimum Gasteiger partial charge on any atom is -0.243 e. The molecule has 2 aromatic heterocycles. The molecule has 0 unspecified atom stereocenters. The number of hydrogen-bond donors (Lipinski definition) is 0. The van der Waals surface area contributed by atoms with Crippen molar-refractivity contribution in [2.45, 2.75) is 33.6 Å². The van der Waals surface area contributed by atoms with Crippen LogP contribution >= 0.6 is 0 Å². The molecule has 0 saturated heterocycles. The fourth-order valence-corrected chi connectivity index (χ4v) is 2.50. The first-order valence-electron chi connectivity index (χ1n) is 7.82. The minimum atomic E-state index is -0.376. The van der Waals surface area contributed by atoms with E-state index in [0.717, 1.165) is 21.6 Å². The maximum Gasteiger partial charge on any atom is 0.372 e. The summed E-state index contributed by atoms with van der Waals surface area (Å²) in [6.45, 7) is 6.36. The van der Waals surface area contributed by atoms with Crippen molar-refractivity contribution in [1.82, 2.24) is 30.0 Å². The van der Waals surface area contributed by atoms with Crippen LogP contribution in [-0.4, -0.2) is 36.0 Å². The highest BCUT2D eigenvalue weighted by atomic mass is 16.2. The molecule has 0 aliphatic heterocycles. The van der Waals surface area contributed by atoms with Gasteiger partial charge in [0.25, 0.3) is 0 Å². The average molecular weight is 324 g/mol. The Morgan fingerprint density at radius 1 is 1.12 bits per heavy atom. The Bertz CT molecular complexity index is 815. The Hall–Kier alpha value is -2.83. The van der Waals surface area contributed by atoms with Gasteiger partial charge in [-0.3, -0.25) is 0 Å². The summed E-state index contributed by atoms with van der Waals surface area (Å²) in [6.07, 6.45) is 4.28. The third-order valence-electron chi connectivity index (χ3n) is 3.56. The molecule has 0 spiro atoms. The molecule has 7 heteroatoms. The minimum absolute atomic E-state index is 0.00640. The van der Waals surface area contributed by atoms with Gasteiger partial charge in [-0.2, -0.15) is 9.36 Å². The second-order valence-corrected chi connectivity index (χ2v) is 6.92. The second kappa shape index (κ2) is 6.35. The van der Waals surface area contributed by atoms with Crippen molar-refractivity contribution in [2.75, 3.05) is 0 Å². The summed E-state index contributed by atoms with van der Waals surface area (Å²) < 4.78 is 2.49. The van der Waals surface area contributed by atoms with Crippen LogP contribution in [0.1, 0.15) is 37.7 Å². The molecule has 124 valence electrons. The van der Waals surface area contributed by atoms with Crippen LogP contribution < -0.4 is 0 Å². The third kappa shape index (κ3) is 3.56. The van der Waals surface area contributed by atoms with E-state index in [2.05, 4.69) is 41.4 Å². The van der Waals surface area contributed by atoms with E-state index in [4.69, 9.17) is 0 Å². The maximum absolute atomic E-state index is 12.6. The van der Waals surface area contributed by atoms with Crippen LogP contribution in [0.25, 0.3) is 0 Å². The van der Waals surface area contributed by atoms with E-state index in [1.54, 1.807) is 0 Å². The van der Waals surface area contributed by atoms with E-state index < -0.39 is 0 Å². The highest BCUT2D eigenvalue weighted by molar-refractivity contribution is 5.78. The van der Waals surface area contributed by atoms with Crippen LogP contribution in [-0.2, 0) is 12.8 Å². The molecule has 0 aliphatic rings. The van der Waals surface area contributed by atoms with Gasteiger partial charge in [-0.25, -0.2) is 4.79 Å². The normalized spacial score (nSPS) is 11.6. The SMILES string of the molecule is CC(C)(C)Cc1c(Cc2ccccc2)nnn1C(=O)n1ccnn1. The van der Waals surface area contributed by atoms with Gasteiger partial charge in [0, 0.05) is 6.42 Å². The molecule has 3 aromatic rings. The number of aromatic nitrogens is 6. The predicted octanol–water partition coefficient (Wildman–Crippen LogP) is 2.57. The molecule has 7 nitrogen and oxygen atoms in total. The van der Waals surface area contributed by atoms with Crippen LogP contribution in [0.15, 0.2) is 42.7 Å². The van der Waals surface area contributed by atoms with Crippen LogP contribution in [0.5, 0.6) is 0 Å². The fourth-order valence-electron chi connectivity index (χ4n) is 2.50. The highest BCUT2D eigenvalue weighted by Crippen LogP contribution is 2.23. The first kappa shape index (κ1) is 16.0. The van der Waals surface area contributed by atoms with E-state index in [9.17, 15) is 4.79 Å². The van der Waals surface area contributed by atoms with Crippen molar-refractivity contribution >= 4 is 6.03 Å². The lowest BCUT2D eigenvalue weighted by molar-refractivity contribution is 0.235. The Labute approximate surface area is 140 Å². The third-order valence-corrected chi connectivity index (χ3v) is 3.56. The number of carbonyl (C=O) groups is 1. The number of carbonyl (C=O) groups excluding carboxylic acids is 1. The summed E-state index contributed by atoms with van der Waals surface area (Å²) in [5, 5.41) is 15.8. The first-order valence-corrected chi connectivity index (χ1v) is 7.82. The zero-order valence-electron chi connectivity index (χ0n) is 14.0. The summed E-state index contributed by atoms with van der Waals surface area (Å²) >= 11 is 0. The monoisotopic (exact) mass is 324 g/mol. The molecule has 1 aromatic carbocycles. The average Bonchev–Trinajstić information content (AvgIpc) is 3.18. The van der Waals surface area contributed by atoms with Gasteiger partial charge < -0.3 is 0 Å². The van der Waals surface area contributed by atoms with Crippen molar-refractivity contribution < 1.29 is 4.79 Å². The number of benzene rings is 1. The van der Waals surface area contributed by atoms with E-state index in [0.29, 0.717) is 12.8 Å². The summed E-state index contributed by atoms with van der Waals surface area (Å²) in [5.74, 6) is 0. The Morgan fingerprint density at radius 2 is 1.88 bits per heavy atom. The van der Waals surface area contributed by atoms with Crippen LogP contribution in [0, 0.1) is 5.41 Å². The van der Waals surface area contributed by atoms with Gasteiger partial charge in [0.15, 0.2) is 0 Å². The number of nitrogens with zero attached hydrogens (tertiary/aromatic N) is 6. The Morgan fingerprint density at radius 3 is 2.50 bits per heavy atom. The van der Waals surface area contributed by atoms with Gasteiger partial charge in [-0.05, 0) is 17.4 Å². The standard InChI is InChI=1S/C17H20N6O/c1-17(2,3)12-15-14(11-13-7-5-4-6-8-13)19-21-23(15)16(24)22-10-9-18-20-22/h4-10H,11-12H2,1-3H3. The summed E-state index contributed by atoms with van der Waals surface area (Å²) in [4.78, 5) is 12.6. The van der Waals surface area contributed by atoms with Gasteiger partial charge in [-0.1, -0.05) is 61.5 Å². The summed E-state index contributed by atoms with van der Waals surface area (Å²) in [6, 6.07) is 9.66. The van der Waals surface area contributed by atoms with Crippen molar-refractivity contribution in [3.05, 3.63) is 59.7 Å². The first-order chi connectivity index (χ1) is 11.4. The molecular weight excluding hydrogens is 304 g/mol. The molecule has 0 amide bonds. The van der Waals surface area contributed by atoms with Crippen LogP contribution in [0.3, 0.4) is 0 Å². The van der Waals surface area contributed by atoms with E-state index >= 15 is 0 Å². The second-order valence-electron chi connectivity index (χ2n) is 6.92. The van der Waals surface area contributed by atoms with E-state index in [1.165, 1.54) is 17.1 Å². The number of rotatable bonds is 3. The molecule has 0 bridgehead atoms. The zero-order valence-corrected chi connectivity index (χ0v) is 14.0. The molecule has 0 fully saturated rings. The Kier molecular flexibility index (Phi) is 4.24. The molecule has 0 radical (unpaired) electrons. The van der Waals surface area contributed by atoms with Crippen molar-refractivity contribution in [1.29, 1.82) is 0 Å².